The third kappa shape index (κ3) is 2.61. The molecule has 0 bridgehead atoms. The summed E-state index contributed by atoms with van der Waals surface area (Å²) in [6.07, 6.45) is 3.68. The molecule has 2 rings (SSSR count). The highest BCUT2D eigenvalue weighted by Crippen LogP contribution is 2.32. The summed E-state index contributed by atoms with van der Waals surface area (Å²) in [5, 5.41) is 3.34. The Hall–Kier alpha value is -1.06. The zero-order valence-corrected chi connectivity index (χ0v) is 10.4. The van der Waals surface area contributed by atoms with E-state index in [4.69, 9.17) is 16.3 Å². The van der Waals surface area contributed by atoms with Crippen molar-refractivity contribution in [2.24, 2.45) is 0 Å². The second-order valence-electron chi connectivity index (χ2n) is 4.03. The molecule has 1 unspecified atom stereocenters. The molecule has 1 aromatic rings. The molecule has 0 spiro atoms. The lowest BCUT2D eigenvalue weighted by atomic mass is 9.95. The van der Waals surface area contributed by atoms with E-state index < -0.39 is 0 Å². The smallest absolute Gasteiger partial charge is 0.142 e. The minimum absolute atomic E-state index is 0.0847. The van der Waals surface area contributed by atoms with Crippen LogP contribution in [0.25, 0.3) is 0 Å². The van der Waals surface area contributed by atoms with Crippen LogP contribution in [0.1, 0.15) is 24.4 Å². The molecular formula is C13H15ClFNO. The molecule has 0 saturated heterocycles. The molecular weight excluding hydrogens is 241 g/mol. The number of halogens is 2. The number of hydrogen-bond acceptors (Lipinski definition) is 2. The quantitative estimate of drug-likeness (QED) is 0.894. The summed E-state index contributed by atoms with van der Waals surface area (Å²) in [5.74, 6) is -0.387. The van der Waals surface area contributed by atoms with Gasteiger partial charge in [-0.05, 0) is 37.1 Å². The first-order chi connectivity index (χ1) is 8.24. The Morgan fingerprint density at radius 3 is 2.94 bits per heavy atom. The molecule has 0 fully saturated rings. The van der Waals surface area contributed by atoms with Crippen molar-refractivity contribution < 1.29 is 9.13 Å². The van der Waals surface area contributed by atoms with Gasteiger partial charge in [-0.2, -0.15) is 0 Å². The monoisotopic (exact) mass is 255 g/mol. The van der Waals surface area contributed by atoms with Crippen molar-refractivity contribution in [1.29, 1.82) is 0 Å². The predicted octanol–water partition coefficient (Wildman–Crippen LogP) is 3.43. The van der Waals surface area contributed by atoms with E-state index in [0.717, 1.165) is 30.6 Å². The average molecular weight is 256 g/mol. The zero-order valence-electron chi connectivity index (χ0n) is 9.67. The highest BCUT2D eigenvalue weighted by molar-refractivity contribution is 6.31. The molecule has 1 aliphatic rings. The summed E-state index contributed by atoms with van der Waals surface area (Å²) < 4.78 is 18.8. The van der Waals surface area contributed by atoms with Crippen LogP contribution in [0.15, 0.2) is 30.0 Å². The second-order valence-corrected chi connectivity index (χ2v) is 4.41. The van der Waals surface area contributed by atoms with Crippen molar-refractivity contribution in [3.8, 4) is 0 Å². The number of ether oxygens (including phenoxy) is 1. The van der Waals surface area contributed by atoms with Crippen LogP contribution in [0.3, 0.4) is 0 Å². The molecule has 1 aromatic carbocycles. The Morgan fingerprint density at radius 2 is 2.29 bits per heavy atom. The first kappa shape index (κ1) is 12.4. The van der Waals surface area contributed by atoms with Gasteiger partial charge in [0.25, 0.3) is 0 Å². The minimum Gasteiger partial charge on any atom is -0.501 e. The Morgan fingerprint density at radius 1 is 1.47 bits per heavy atom. The van der Waals surface area contributed by atoms with Gasteiger partial charge in [0.1, 0.15) is 5.82 Å². The van der Waals surface area contributed by atoms with Gasteiger partial charge in [-0.25, -0.2) is 4.39 Å². The van der Waals surface area contributed by atoms with E-state index in [0.29, 0.717) is 0 Å². The summed E-state index contributed by atoms with van der Waals surface area (Å²) in [6.45, 7) is 0.747. The van der Waals surface area contributed by atoms with Crippen molar-refractivity contribution in [2.45, 2.75) is 18.9 Å². The van der Waals surface area contributed by atoms with Crippen LogP contribution in [0.2, 0.25) is 5.02 Å². The van der Waals surface area contributed by atoms with E-state index in [2.05, 4.69) is 5.32 Å². The molecule has 0 radical (unpaired) electrons. The molecule has 1 aliphatic heterocycles. The van der Waals surface area contributed by atoms with E-state index in [1.165, 1.54) is 6.07 Å². The van der Waals surface area contributed by atoms with E-state index in [1.54, 1.807) is 12.3 Å². The van der Waals surface area contributed by atoms with Crippen molar-refractivity contribution in [3.63, 3.8) is 0 Å². The molecule has 1 N–H and O–H groups in total. The van der Waals surface area contributed by atoms with Gasteiger partial charge in [-0.1, -0.05) is 23.7 Å². The second kappa shape index (κ2) is 5.52. The molecule has 1 heterocycles. The van der Waals surface area contributed by atoms with E-state index in [1.807, 2.05) is 13.1 Å². The number of nitrogens with one attached hydrogen (secondary N) is 1. The lowest BCUT2D eigenvalue weighted by Gasteiger charge is -2.24. The normalized spacial score (nSPS) is 17.2. The lowest BCUT2D eigenvalue weighted by Crippen LogP contribution is -2.21. The van der Waals surface area contributed by atoms with Crippen molar-refractivity contribution in [3.05, 3.63) is 46.4 Å². The van der Waals surface area contributed by atoms with Crippen molar-refractivity contribution in [1.82, 2.24) is 5.32 Å². The Kier molecular flexibility index (Phi) is 4.02. The van der Waals surface area contributed by atoms with Gasteiger partial charge < -0.3 is 10.1 Å². The minimum atomic E-state index is -0.387. The predicted molar refractivity (Wildman–Crippen MR) is 66.5 cm³/mol. The summed E-state index contributed by atoms with van der Waals surface area (Å²) in [4.78, 5) is 0. The number of hydrogen-bond donors (Lipinski definition) is 1. The highest BCUT2D eigenvalue weighted by Gasteiger charge is 2.20. The standard InChI is InChI=1S/C13H15ClFNO/c1-16-13(9-4-3-7-17-8-9)10-5-2-6-11(15)12(10)14/h2,5-6,8,13,16H,3-4,7H2,1H3. The molecule has 1 atom stereocenters. The highest BCUT2D eigenvalue weighted by atomic mass is 35.5. The Bertz CT molecular complexity index is 433. The van der Waals surface area contributed by atoms with Crippen molar-refractivity contribution >= 4 is 11.6 Å². The van der Waals surface area contributed by atoms with Gasteiger partial charge in [0.2, 0.25) is 0 Å². The lowest BCUT2D eigenvalue weighted by molar-refractivity contribution is 0.220. The van der Waals surface area contributed by atoms with Crippen LogP contribution < -0.4 is 5.32 Å². The molecule has 2 nitrogen and oxygen atoms in total. The third-order valence-corrected chi connectivity index (χ3v) is 3.31. The summed E-state index contributed by atoms with van der Waals surface area (Å²) in [6, 6.07) is 4.79. The van der Waals surface area contributed by atoms with Gasteiger partial charge in [0.05, 0.1) is 23.9 Å². The molecule has 4 heteroatoms. The Balaban J connectivity index is 2.34. The molecule has 0 amide bonds. The van der Waals surface area contributed by atoms with E-state index >= 15 is 0 Å². The van der Waals surface area contributed by atoms with Crippen LogP contribution in [-0.4, -0.2) is 13.7 Å². The number of rotatable bonds is 3. The van der Waals surface area contributed by atoms with E-state index in [-0.39, 0.29) is 16.9 Å². The maximum Gasteiger partial charge on any atom is 0.142 e. The Labute approximate surface area is 105 Å². The fourth-order valence-corrected chi connectivity index (χ4v) is 2.32. The first-order valence-corrected chi connectivity index (χ1v) is 6.03. The fraction of sp³-hybridized carbons (Fsp3) is 0.385. The van der Waals surface area contributed by atoms with Crippen LogP contribution >= 0.6 is 11.6 Å². The summed E-state index contributed by atoms with van der Waals surface area (Å²) in [5.41, 5.74) is 1.86. The van der Waals surface area contributed by atoms with Gasteiger partial charge in [0.15, 0.2) is 0 Å². The van der Waals surface area contributed by atoms with Crippen LogP contribution in [0.5, 0.6) is 0 Å². The van der Waals surface area contributed by atoms with Gasteiger partial charge in [-0.3, -0.25) is 0 Å². The van der Waals surface area contributed by atoms with Crippen LogP contribution in [0, 0.1) is 5.82 Å². The number of benzene rings is 1. The molecule has 0 aliphatic carbocycles. The van der Waals surface area contributed by atoms with Crippen LogP contribution in [0.4, 0.5) is 4.39 Å². The van der Waals surface area contributed by atoms with E-state index in [9.17, 15) is 4.39 Å². The maximum atomic E-state index is 13.4. The maximum absolute atomic E-state index is 13.4. The van der Waals surface area contributed by atoms with Gasteiger partial charge in [0, 0.05) is 0 Å². The topological polar surface area (TPSA) is 21.3 Å². The molecule has 17 heavy (non-hydrogen) atoms. The molecule has 0 saturated carbocycles. The molecule has 92 valence electrons. The van der Waals surface area contributed by atoms with Gasteiger partial charge in [-0.15, -0.1) is 0 Å². The fourth-order valence-electron chi connectivity index (χ4n) is 2.08. The largest absolute Gasteiger partial charge is 0.501 e. The van der Waals surface area contributed by atoms with Crippen LogP contribution in [-0.2, 0) is 4.74 Å². The molecule has 0 aromatic heterocycles. The third-order valence-electron chi connectivity index (χ3n) is 2.91. The first-order valence-electron chi connectivity index (χ1n) is 5.65. The van der Waals surface area contributed by atoms with Gasteiger partial charge >= 0.3 is 0 Å². The van der Waals surface area contributed by atoms with Crippen molar-refractivity contribution in [2.75, 3.05) is 13.7 Å². The number of likely N-dealkylation sites (N-methyl/N-ethyl adjacent to an activating group) is 1. The zero-order chi connectivity index (χ0) is 12.3. The average Bonchev–Trinajstić information content (AvgIpc) is 2.37. The summed E-state index contributed by atoms with van der Waals surface area (Å²) in [7, 11) is 1.83. The summed E-state index contributed by atoms with van der Waals surface area (Å²) >= 11 is 6.00. The SMILES string of the molecule is CNC(C1=COCCC1)c1cccc(F)c1Cl.